The summed E-state index contributed by atoms with van der Waals surface area (Å²) in [5.41, 5.74) is 0. The van der Waals surface area contributed by atoms with Crippen molar-refractivity contribution in [2.45, 2.75) is 55.2 Å². The van der Waals surface area contributed by atoms with Crippen molar-refractivity contribution < 1.29 is 4.74 Å². The Hall–Kier alpha value is -0.620. The molecule has 142 valence electrons. The summed E-state index contributed by atoms with van der Waals surface area (Å²) < 4.78 is 7.50. The summed E-state index contributed by atoms with van der Waals surface area (Å²) in [5.74, 6) is 2.61. The Balaban J connectivity index is 1.74. The van der Waals surface area contributed by atoms with Gasteiger partial charge in [-0.3, -0.25) is 0 Å². The van der Waals surface area contributed by atoms with E-state index < -0.39 is 4.33 Å². The highest BCUT2D eigenvalue weighted by Crippen LogP contribution is 2.54. The molecule has 8 heteroatoms. The first-order chi connectivity index (χ1) is 12.5. The Bertz CT molecular complexity index is 749. The fourth-order valence-corrected chi connectivity index (χ4v) is 5.00. The minimum atomic E-state index is -0.567. The average molecular weight is 435 g/mol. The molecular formula is C18H22Cl3N3OS. The normalized spacial score (nSPS) is 18.3. The number of hydrogen-bond donors (Lipinski definition) is 0. The molecule has 1 fully saturated rings. The molecule has 1 aromatic carbocycles. The lowest BCUT2D eigenvalue weighted by Gasteiger charge is -2.19. The Morgan fingerprint density at radius 3 is 2.58 bits per heavy atom. The van der Waals surface area contributed by atoms with Gasteiger partial charge in [0.2, 0.25) is 0 Å². The molecule has 26 heavy (non-hydrogen) atoms. The number of nitrogens with zero attached hydrogens (tertiary/aromatic N) is 3. The minimum Gasteiger partial charge on any atom is -0.484 e. The maximum atomic E-state index is 6.17. The van der Waals surface area contributed by atoms with Crippen LogP contribution in [-0.2, 0) is 6.61 Å². The summed E-state index contributed by atoms with van der Waals surface area (Å²) in [7, 11) is 0. The van der Waals surface area contributed by atoms with Gasteiger partial charge in [0.15, 0.2) is 11.0 Å². The number of hydrogen-bond acceptors (Lipinski definition) is 4. The Labute approximate surface area is 173 Å². The van der Waals surface area contributed by atoms with Gasteiger partial charge < -0.3 is 9.30 Å². The van der Waals surface area contributed by atoms with E-state index in [1.165, 1.54) is 0 Å². The van der Waals surface area contributed by atoms with Gasteiger partial charge >= 0.3 is 0 Å². The fourth-order valence-electron chi connectivity index (χ4n) is 2.85. The van der Waals surface area contributed by atoms with E-state index in [4.69, 9.17) is 39.5 Å². The van der Waals surface area contributed by atoms with Crippen LogP contribution in [0.4, 0.5) is 0 Å². The van der Waals surface area contributed by atoms with Gasteiger partial charge in [-0.05, 0) is 31.4 Å². The zero-order valence-corrected chi connectivity index (χ0v) is 17.9. The summed E-state index contributed by atoms with van der Waals surface area (Å²) in [5, 5.41) is 10.2. The third kappa shape index (κ3) is 4.61. The predicted molar refractivity (Wildman–Crippen MR) is 109 cm³/mol. The van der Waals surface area contributed by atoms with Crippen LogP contribution in [0.15, 0.2) is 29.4 Å². The highest BCUT2D eigenvalue weighted by molar-refractivity contribution is 7.99. The molecule has 1 unspecified atom stereocenters. The van der Waals surface area contributed by atoms with Crippen LogP contribution in [-0.4, -0.2) is 24.9 Å². The number of aromatic nitrogens is 3. The second kappa shape index (κ2) is 8.59. The number of para-hydroxylation sites is 1. The smallest absolute Gasteiger partial charge is 0.191 e. The first kappa shape index (κ1) is 20.1. The van der Waals surface area contributed by atoms with Crippen LogP contribution < -0.4 is 4.74 Å². The number of alkyl halides is 2. The maximum Gasteiger partial charge on any atom is 0.191 e. The zero-order valence-electron chi connectivity index (χ0n) is 14.8. The first-order valence-electron chi connectivity index (χ1n) is 8.78. The van der Waals surface area contributed by atoms with E-state index in [1.54, 1.807) is 11.8 Å². The quantitative estimate of drug-likeness (QED) is 0.350. The molecule has 4 nitrogen and oxygen atoms in total. The Kier molecular flexibility index (Phi) is 6.65. The molecule has 1 saturated carbocycles. The fraction of sp³-hybridized carbons (Fsp3) is 0.556. The maximum absolute atomic E-state index is 6.17. The topological polar surface area (TPSA) is 39.9 Å². The van der Waals surface area contributed by atoms with Crippen LogP contribution in [0.5, 0.6) is 5.75 Å². The van der Waals surface area contributed by atoms with Crippen molar-refractivity contribution in [3.63, 3.8) is 0 Å². The second-order valence-corrected chi connectivity index (χ2v) is 9.37. The van der Waals surface area contributed by atoms with Crippen LogP contribution in [0.2, 0.25) is 5.02 Å². The molecule has 1 heterocycles. The molecule has 1 aliphatic carbocycles. The second-order valence-electron chi connectivity index (χ2n) is 6.43. The zero-order chi connectivity index (χ0) is 18.7. The molecule has 1 aliphatic rings. The Morgan fingerprint density at radius 2 is 1.96 bits per heavy atom. The van der Waals surface area contributed by atoms with Crippen molar-refractivity contribution in [2.24, 2.45) is 5.92 Å². The lowest BCUT2D eigenvalue weighted by atomic mass is 10.2. The summed E-state index contributed by atoms with van der Waals surface area (Å²) >= 11 is 20.1. The van der Waals surface area contributed by atoms with Crippen LogP contribution in [0.3, 0.4) is 0 Å². The highest BCUT2D eigenvalue weighted by atomic mass is 35.5. The third-order valence-corrected chi connectivity index (χ3v) is 6.95. The largest absolute Gasteiger partial charge is 0.484 e. The van der Waals surface area contributed by atoms with Crippen molar-refractivity contribution in [2.75, 3.05) is 5.75 Å². The van der Waals surface area contributed by atoms with Crippen molar-refractivity contribution in [3.8, 4) is 5.75 Å². The summed E-state index contributed by atoms with van der Waals surface area (Å²) in [4.78, 5) is 0. The minimum absolute atomic E-state index is 0.311. The predicted octanol–water partition coefficient (Wildman–Crippen LogP) is 6.16. The molecular weight excluding hydrogens is 413 g/mol. The van der Waals surface area contributed by atoms with Crippen LogP contribution in [0.25, 0.3) is 0 Å². The molecule has 2 aromatic rings. The van der Waals surface area contributed by atoms with E-state index in [0.29, 0.717) is 29.3 Å². The van der Waals surface area contributed by atoms with Gasteiger partial charge in [-0.25, -0.2) is 0 Å². The van der Waals surface area contributed by atoms with E-state index in [9.17, 15) is 0 Å². The van der Waals surface area contributed by atoms with Crippen LogP contribution >= 0.6 is 46.6 Å². The molecule has 0 N–H and O–H groups in total. The average Bonchev–Trinajstić information content (AvgIpc) is 3.05. The van der Waals surface area contributed by atoms with E-state index in [1.807, 2.05) is 24.3 Å². The van der Waals surface area contributed by atoms with Gasteiger partial charge in [0.05, 0.1) is 5.02 Å². The molecule has 1 atom stereocenters. The highest BCUT2D eigenvalue weighted by Gasteiger charge is 2.51. The van der Waals surface area contributed by atoms with Gasteiger partial charge in [0.1, 0.15) is 16.7 Å². The number of thioether (sulfide) groups is 1. The van der Waals surface area contributed by atoms with E-state index in [2.05, 4.69) is 28.6 Å². The van der Waals surface area contributed by atoms with Crippen LogP contribution in [0, 0.1) is 5.92 Å². The van der Waals surface area contributed by atoms with Gasteiger partial charge in [0, 0.05) is 17.7 Å². The molecule has 0 amide bonds. The summed E-state index contributed by atoms with van der Waals surface area (Å²) in [6.07, 6.45) is 2.84. The summed E-state index contributed by atoms with van der Waals surface area (Å²) in [6, 6.07) is 7.76. The molecule has 1 aromatic heterocycles. The number of benzene rings is 1. The standard InChI is InChI=1S/C18H22Cl3N3OS/c1-3-13(4-2)24-16(10-25-15-8-6-5-7-14(15)19)22-23-17(24)26-11-12-9-18(12,20)21/h5-8,12-13H,3-4,9-11H2,1-2H3. The third-order valence-electron chi connectivity index (χ3n) is 4.61. The number of rotatable bonds is 9. The van der Waals surface area contributed by atoms with E-state index in [0.717, 1.165) is 36.0 Å². The number of ether oxygens (including phenoxy) is 1. The van der Waals surface area contributed by atoms with Gasteiger partial charge in [-0.15, -0.1) is 33.4 Å². The van der Waals surface area contributed by atoms with E-state index in [-0.39, 0.29) is 0 Å². The monoisotopic (exact) mass is 433 g/mol. The molecule has 0 radical (unpaired) electrons. The first-order valence-corrected chi connectivity index (χ1v) is 10.9. The van der Waals surface area contributed by atoms with Crippen LogP contribution in [0.1, 0.15) is 45.0 Å². The lowest BCUT2D eigenvalue weighted by molar-refractivity contribution is 0.278. The molecule has 3 rings (SSSR count). The van der Waals surface area contributed by atoms with Gasteiger partial charge in [0.25, 0.3) is 0 Å². The molecule has 0 bridgehead atoms. The summed E-state index contributed by atoms with van der Waals surface area (Å²) in [6.45, 7) is 4.67. The number of halogens is 3. The lowest BCUT2D eigenvalue weighted by Crippen LogP contribution is -2.14. The van der Waals surface area contributed by atoms with Gasteiger partial charge in [-0.2, -0.15) is 0 Å². The van der Waals surface area contributed by atoms with Crippen molar-refractivity contribution in [1.82, 2.24) is 14.8 Å². The van der Waals surface area contributed by atoms with Crippen molar-refractivity contribution in [1.29, 1.82) is 0 Å². The van der Waals surface area contributed by atoms with Crippen molar-refractivity contribution >= 4 is 46.6 Å². The van der Waals surface area contributed by atoms with Gasteiger partial charge in [-0.1, -0.05) is 49.3 Å². The van der Waals surface area contributed by atoms with E-state index >= 15 is 0 Å². The van der Waals surface area contributed by atoms with Crippen molar-refractivity contribution in [3.05, 3.63) is 35.1 Å². The molecule has 0 spiro atoms. The SMILES string of the molecule is CCC(CC)n1c(COc2ccccc2Cl)nnc1SCC1CC1(Cl)Cl. The molecule has 0 aliphatic heterocycles. The molecule has 0 saturated heterocycles. The Morgan fingerprint density at radius 1 is 1.27 bits per heavy atom.